The third-order valence-corrected chi connectivity index (χ3v) is 2.57. The lowest BCUT2D eigenvalue weighted by Gasteiger charge is -2.08. The van der Waals surface area contributed by atoms with E-state index in [-0.39, 0.29) is 0 Å². The Balaban J connectivity index is 2.55. The number of benzene rings is 1. The predicted octanol–water partition coefficient (Wildman–Crippen LogP) is 4.09. The third-order valence-electron chi connectivity index (χ3n) is 2.57. The molecule has 2 aromatic rings. The number of rotatable bonds is 2. The van der Waals surface area contributed by atoms with Crippen molar-refractivity contribution < 1.29 is 0 Å². The highest BCUT2D eigenvalue weighted by atomic mass is 14.7. The Kier molecular flexibility index (Phi) is 2.86. The van der Waals surface area contributed by atoms with Crippen molar-refractivity contribution in [3.05, 3.63) is 60.3 Å². The maximum Gasteiger partial charge on any atom is 0.0708 e. The fourth-order valence-corrected chi connectivity index (χ4v) is 1.71. The van der Waals surface area contributed by atoms with Crippen LogP contribution in [0.25, 0.3) is 16.8 Å². The van der Waals surface area contributed by atoms with Gasteiger partial charge < -0.3 is 0 Å². The first kappa shape index (κ1) is 10.6. The Morgan fingerprint density at radius 1 is 1.12 bits per heavy atom. The number of aromatic nitrogens is 1. The molecular weight excluding hydrogens is 194 g/mol. The van der Waals surface area contributed by atoms with Crippen molar-refractivity contribution in [2.24, 2.45) is 0 Å². The number of pyridine rings is 1. The Morgan fingerprint density at radius 3 is 2.50 bits per heavy atom. The minimum atomic E-state index is 1.00. The Hall–Kier alpha value is -1.89. The molecule has 0 atom stereocenters. The molecular formula is C15H15N. The summed E-state index contributed by atoms with van der Waals surface area (Å²) in [5.74, 6) is 0. The van der Waals surface area contributed by atoms with E-state index in [1.54, 1.807) is 0 Å². The van der Waals surface area contributed by atoms with E-state index >= 15 is 0 Å². The van der Waals surface area contributed by atoms with Crippen molar-refractivity contribution in [1.29, 1.82) is 0 Å². The summed E-state index contributed by atoms with van der Waals surface area (Å²) in [6.45, 7) is 8.07. The van der Waals surface area contributed by atoms with Crippen LogP contribution >= 0.6 is 0 Å². The van der Waals surface area contributed by atoms with E-state index in [0.29, 0.717) is 0 Å². The molecule has 2 rings (SSSR count). The van der Waals surface area contributed by atoms with Gasteiger partial charge in [0.05, 0.1) is 5.69 Å². The van der Waals surface area contributed by atoms with E-state index in [4.69, 9.17) is 0 Å². The van der Waals surface area contributed by atoms with Crippen LogP contribution < -0.4 is 0 Å². The number of nitrogens with zero attached hydrogens (tertiary/aromatic N) is 1. The van der Waals surface area contributed by atoms with Crippen molar-refractivity contribution in [1.82, 2.24) is 4.98 Å². The molecule has 0 saturated carbocycles. The second-order valence-electron chi connectivity index (χ2n) is 4.05. The molecule has 1 nitrogen and oxygen atoms in total. The third kappa shape index (κ3) is 2.03. The molecule has 0 saturated heterocycles. The van der Waals surface area contributed by atoms with Gasteiger partial charge in [0.25, 0.3) is 0 Å². The molecule has 1 aromatic carbocycles. The van der Waals surface area contributed by atoms with Crippen LogP contribution in [0.3, 0.4) is 0 Å². The number of aryl methyl sites for hydroxylation is 1. The molecule has 0 amide bonds. The van der Waals surface area contributed by atoms with Gasteiger partial charge in [0.15, 0.2) is 0 Å². The van der Waals surface area contributed by atoms with E-state index < -0.39 is 0 Å². The molecule has 0 spiro atoms. The minimum Gasteiger partial charge on any atom is -0.256 e. The van der Waals surface area contributed by atoms with Crippen molar-refractivity contribution >= 4 is 5.57 Å². The zero-order valence-electron chi connectivity index (χ0n) is 9.70. The highest BCUT2D eigenvalue weighted by Gasteiger charge is 2.05. The normalized spacial score (nSPS) is 10.1. The monoisotopic (exact) mass is 209 g/mol. The molecule has 0 aliphatic rings. The van der Waals surface area contributed by atoms with Crippen LogP contribution in [0.2, 0.25) is 0 Å². The highest BCUT2D eigenvalue weighted by Crippen LogP contribution is 2.26. The Bertz CT molecular complexity index is 509. The lowest BCUT2D eigenvalue weighted by molar-refractivity contribution is 1.27. The summed E-state index contributed by atoms with van der Waals surface area (Å²) >= 11 is 0. The van der Waals surface area contributed by atoms with E-state index in [2.05, 4.69) is 35.8 Å². The topological polar surface area (TPSA) is 12.9 Å². The number of hydrogen-bond acceptors (Lipinski definition) is 1. The van der Waals surface area contributed by atoms with Gasteiger partial charge >= 0.3 is 0 Å². The van der Waals surface area contributed by atoms with Gasteiger partial charge in [-0.15, -0.1) is 0 Å². The van der Waals surface area contributed by atoms with Crippen molar-refractivity contribution in [3.63, 3.8) is 0 Å². The summed E-state index contributed by atoms with van der Waals surface area (Å²) in [7, 11) is 0. The summed E-state index contributed by atoms with van der Waals surface area (Å²) in [6.07, 6.45) is 1.89. The second kappa shape index (κ2) is 4.31. The maximum atomic E-state index is 4.45. The molecule has 1 heteroatoms. The fourth-order valence-electron chi connectivity index (χ4n) is 1.71. The van der Waals surface area contributed by atoms with Gasteiger partial charge in [0, 0.05) is 11.8 Å². The van der Waals surface area contributed by atoms with Gasteiger partial charge in [0.1, 0.15) is 0 Å². The molecule has 80 valence electrons. The Morgan fingerprint density at radius 2 is 1.88 bits per heavy atom. The first-order valence-corrected chi connectivity index (χ1v) is 5.36. The van der Waals surface area contributed by atoms with Crippen LogP contribution in [0.4, 0.5) is 0 Å². The van der Waals surface area contributed by atoms with E-state index in [1.807, 2.05) is 32.2 Å². The number of allylic oxidation sites excluding steroid dienone is 1. The van der Waals surface area contributed by atoms with Crippen LogP contribution in [0, 0.1) is 6.92 Å². The average molecular weight is 209 g/mol. The molecule has 0 aliphatic carbocycles. The zero-order chi connectivity index (χ0) is 11.5. The average Bonchev–Trinajstić information content (AvgIpc) is 2.30. The lowest BCUT2D eigenvalue weighted by atomic mass is 9.99. The molecule has 0 radical (unpaired) electrons. The highest BCUT2D eigenvalue weighted by molar-refractivity contribution is 5.77. The van der Waals surface area contributed by atoms with Gasteiger partial charge in [-0.1, -0.05) is 42.5 Å². The molecule has 1 heterocycles. The number of hydrogen-bond donors (Lipinski definition) is 0. The zero-order valence-corrected chi connectivity index (χ0v) is 9.70. The van der Waals surface area contributed by atoms with Crippen molar-refractivity contribution in [2.75, 3.05) is 0 Å². The fraction of sp³-hybridized carbons (Fsp3) is 0.133. The molecule has 0 aliphatic heterocycles. The first-order chi connectivity index (χ1) is 7.68. The summed E-state index contributed by atoms with van der Waals surface area (Å²) in [5, 5.41) is 0. The van der Waals surface area contributed by atoms with Crippen molar-refractivity contribution in [2.45, 2.75) is 13.8 Å². The Labute approximate surface area is 96.5 Å². The maximum absolute atomic E-state index is 4.45. The van der Waals surface area contributed by atoms with Crippen molar-refractivity contribution in [3.8, 4) is 11.3 Å². The van der Waals surface area contributed by atoms with Gasteiger partial charge in [-0.25, -0.2) is 0 Å². The molecule has 0 N–H and O–H groups in total. The largest absolute Gasteiger partial charge is 0.256 e. The molecule has 16 heavy (non-hydrogen) atoms. The second-order valence-corrected chi connectivity index (χ2v) is 4.05. The van der Waals surface area contributed by atoms with Crippen LogP contribution in [0.15, 0.2) is 49.2 Å². The lowest BCUT2D eigenvalue weighted by Crippen LogP contribution is -1.89. The molecule has 1 aromatic heterocycles. The van der Waals surface area contributed by atoms with Gasteiger partial charge in [-0.3, -0.25) is 4.98 Å². The standard InChI is InChI=1S/C15H15N/c1-11(2)13-6-4-5-7-14(13)15-9-8-12(3)10-16-15/h4-10H,1H2,2-3H3. The van der Waals surface area contributed by atoms with Crippen LogP contribution in [0.5, 0.6) is 0 Å². The summed E-state index contributed by atoms with van der Waals surface area (Å²) in [5.41, 5.74) is 5.56. The quantitative estimate of drug-likeness (QED) is 0.726. The summed E-state index contributed by atoms with van der Waals surface area (Å²) in [4.78, 5) is 4.45. The van der Waals surface area contributed by atoms with E-state index in [9.17, 15) is 0 Å². The first-order valence-electron chi connectivity index (χ1n) is 5.36. The van der Waals surface area contributed by atoms with Crippen LogP contribution in [-0.4, -0.2) is 4.98 Å². The molecule has 0 fully saturated rings. The molecule has 0 unspecified atom stereocenters. The smallest absolute Gasteiger partial charge is 0.0708 e. The van der Waals surface area contributed by atoms with Crippen LogP contribution in [-0.2, 0) is 0 Å². The van der Waals surface area contributed by atoms with Gasteiger partial charge in [-0.05, 0) is 31.0 Å². The predicted molar refractivity (Wildman–Crippen MR) is 69.1 cm³/mol. The van der Waals surface area contributed by atoms with E-state index in [1.165, 1.54) is 11.1 Å². The minimum absolute atomic E-state index is 1.00. The molecule has 0 bridgehead atoms. The SMILES string of the molecule is C=C(C)c1ccccc1-c1ccc(C)cn1. The summed E-state index contributed by atoms with van der Waals surface area (Å²) in [6, 6.07) is 12.4. The van der Waals surface area contributed by atoms with E-state index in [0.717, 1.165) is 16.8 Å². The van der Waals surface area contributed by atoms with Gasteiger partial charge in [0.2, 0.25) is 0 Å². The van der Waals surface area contributed by atoms with Crippen LogP contribution in [0.1, 0.15) is 18.1 Å². The summed E-state index contributed by atoms with van der Waals surface area (Å²) < 4.78 is 0. The van der Waals surface area contributed by atoms with Gasteiger partial charge in [-0.2, -0.15) is 0 Å².